The molecule has 0 bridgehead atoms. The van der Waals surface area contributed by atoms with Gasteiger partial charge in [-0.05, 0) is 61.8 Å². The number of aromatic nitrogens is 1. The second kappa shape index (κ2) is 9.30. The van der Waals surface area contributed by atoms with Crippen LogP contribution in [0.15, 0.2) is 48.7 Å². The quantitative estimate of drug-likeness (QED) is 0.596. The first-order chi connectivity index (χ1) is 14.5. The third-order valence-electron chi connectivity index (χ3n) is 6.38. The van der Waals surface area contributed by atoms with Crippen molar-refractivity contribution in [1.29, 1.82) is 0 Å². The minimum absolute atomic E-state index is 0.0859. The van der Waals surface area contributed by atoms with Gasteiger partial charge in [0.05, 0.1) is 11.4 Å². The third-order valence-corrected chi connectivity index (χ3v) is 12.6. The molecule has 170 valence electrons. The van der Waals surface area contributed by atoms with Gasteiger partial charge < -0.3 is 4.43 Å². The van der Waals surface area contributed by atoms with E-state index >= 15 is 0 Å². The largest absolute Gasteiger partial charge is 0.542 e. The second-order valence-electron chi connectivity index (χ2n) is 9.85. The number of sulfonamides is 1. The molecular weight excluding hydrogens is 426 g/mol. The molecule has 0 saturated carbocycles. The van der Waals surface area contributed by atoms with Crippen molar-refractivity contribution in [2.45, 2.75) is 63.5 Å². The lowest BCUT2D eigenvalue weighted by molar-refractivity contribution is 0.222. The average molecular weight is 462 g/mol. The maximum atomic E-state index is 12.9. The minimum Gasteiger partial charge on any atom is -0.542 e. The average Bonchev–Trinajstić information content (AvgIpc) is 2.69. The smallest absolute Gasteiger partial charge is 0.250 e. The van der Waals surface area contributed by atoms with Crippen molar-refractivity contribution in [2.24, 2.45) is 0 Å². The number of nitrogens with zero attached hydrogens (tertiary/aromatic N) is 2. The Morgan fingerprint density at radius 3 is 2.29 bits per heavy atom. The third kappa shape index (κ3) is 6.30. The molecule has 0 spiro atoms. The van der Waals surface area contributed by atoms with Crippen LogP contribution in [0.5, 0.6) is 5.75 Å². The lowest BCUT2D eigenvalue weighted by atomic mass is 10.1. The highest BCUT2D eigenvalue weighted by molar-refractivity contribution is 7.93. The van der Waals surface area contributed by atoms with E-state index in [1.165, 1.54) is 5.56 Å². The van der Waals surface area contributed by atoms with Gasteiger partial charge >= 0.3 is 0 Å². The topological polar surface area (TPSA) is 71.5 Å². The Kier molecular flexibility index (Phi) is 7.13. The fraction of sp³-hybridized carbons (Fsp3) is 0.522. The molecule has 0 amide bonds. The van der Waals surface area contributed by atoms with Crippen LogP contribution in [0.1, 0.15) is 39.2 Å². The molecule has 1 aromatic carbocycles. The fourth-order valence-electron chi connectivity index (χ4n) is 3.40. The second-order valence-corrected chi connectivity index (χ2v) is 16.5. The predicted octanol–water partition coefficient (Wildman–Crippen LogP) is 4.87. The molecule has 2 heterocycles. The molecule has 1 aromatic heterocycles. The summed E-state index contributed by atoms with van der Waals surface area (Å²) < 4.78 is 34.6. The van der Waals surface area contributed by atoms with E-state index in [0.29, 0.717) is 24.4 Å². The van der Waals surface area contributed by atoms with Gasteiger partial charge in [0.15, 0.2) is 0 Å². The van der Waals surface area contributed by atoms with Crippen molar-refractivity contribution in [3.05, 3.63) is 54.2 Å². The molecule has 0 aliphatic carbocycles. The summed E-state index contributed by atoms with van der Waals surface area (Å²) in [5.41, 5.74) is 1.26. The summed E-state index contributed by atoms with van der Waals surface area (Å²) >= 11 is 0. The standard InChI is InChI=1S/C23H35N3O3SSi/c1-23(2,3)31(4,5)29-20-11-12-22(24-17-20)25-30(27,28)21-13-15-26(16-14-21)18-19-9-7-6-8-10-19/h6-12,17,21H,13-16,18H2,1-5H3,(H,24,25). The van der Waals surface area contributed by atoms with Crippen molar-refractivity contribution >= 4 is 24.2 Å². The van der Waals surface area contributed by atoms with Crippen LogP contribution in [0.3, 0.4) is 0 Å². The van der Waals surface area contributed by atoms with Crippen molar-refractivity contribution in [1.82, 2.24) is 9.88 Å². The number of nitrogens with one attached hydrogen (secondary N) is 1. The molecule has 0 atom stereocenters. The van der Waals surface area contributed by atoms with Crippen molar-refractivity contribution in [2.75, 3.05) is 17.8 Å². The van der Waals surface area contributed by atoms with Gasteiger partial charge in [-0.3, -0.25) is 9.62 Å². The van der Waals surface area contributed by atoms with Crippen molar-refractivity contribution < 1.29 is 12.8 Å². The zero-order valence-corrected chi connectivity index (χ0v) is 21.1. The van der Waals surface area contributed by atoms with Crippen molar-refractivity contribution in [3.63, 3.8) is 0 Å². The Bertz CT molecular complexity index is 950. The Morgan fingerprint density at radius 1 is 1.10 bits per heavy atom. The van der Waals surface area contributed by atoms with Gasteiger partial charge in [-0.15, -0.1) is 0 Å². The summed E-state index contributed by atoms with van der Waals surface area (Å²) in [6.45, 7) is 13.3. The minimum atomic E-state index is -3.48. The zero-order chi connectivity index (χ0) is 22.7. The van der Waals surface area contributed by atoms with E-state index in [1.807, 2.05) is 18.2 Å². The van der Waals surface area contributed by atoms with E-state index in [1.54, 1.807) is 18.3 Å². The van der Waals surface area contributed by atoms with Crippen molar-refractivity contribution in [3.8, 4) is 5.75 Å². The Labute approximate surface area is 188 Å². The molecule has 1 fully saturated rings. The number of hydrogen-bond acceptors (Lipinski definition) is 5. The van der Waals surface area contributed by atoms with E-state index < -0.39 is 23.6 Å². The fourth-order valence-corrected chi connectivity index (χ4v) is 5.82. The lowest BCUT2D eigenvalue weighted by Gasteiger charge is -2.36. The maximum Gasteiger partial charge on any atom is 0.250 e. The summed E-state index contributed by atoms with van der Waals surface area (Å²) in [4.78, 5) is 6.60. The summed E-state index contributed by atoms with van der Waals surface area (Å²) in [6.07, 6.45) is 2.85. The summed E-state index contributed by atoms with van der Waals surface area (Å²) in [5, 5.41) is -0.313. The van der Waals surface area contributed by atoms with E-state index in [2.05, 4.69) is 60.6 Å². The number of hydrogen-bond donors (Lipinski definition) is 1. The number of piperidine rings is 1. The molecule has 8 heteroatoms. The molecular formula is C23H35N3O3SSi. The lowest BCUT2D eigenvalue weighted by Crippen LogP contribution is -2.43. The normalized spacial score (nSPS) is 16.8. The van der Waals surface area contributed by atoms with Crippen LogP contribution < -0.4 is 9.15 Å². The van der Waals surface area contributed by atoms with E-state index in [0.717, 1.165) is 19.6 Å². The highest BCUT2D eigenvalue weighted by Crippen LogP contribution is 2.37. The highest BCUT2D eigenvalue weighted by atomic mass is 32.2. The van der Waals surface area contributed by atoms with Crippen LogP contribution in [0.25, 0.3) is 0 Å². The molecule has 3 rings (SSSR count). The molecule has 0 radical (unpaired) electrons. The SMILES string of the molecule is CC(C)(C)[Si](C)(C)Oc1ccc(NS(=O)(=O)C2CCN(Cc3ccccc3)CC2)nc1. The molecule has 1 aliphatic rings. The van der Waals surface area contributed by atoms with E-state index in [9.17, 15) is 8.42 Å². The summed E-state index contributed by atoms with van der Waals surface area (Å²) in [6, 6.07) is 13.8. The summed E-state index contributed by atoms with van der Waals surface area (Å²) in [5.74, 6) is 1.03. The number of pyridine rings is 1. The number of benzene rings is 1. The van der Waals surface area contributed by atoms with Crippen LogP contribution >= 0.6 is 0 Å². The van der Waals surface area contributed by atoms with E-state index in [4.69, 9.17) is 4.43 Å². The monoisotopic (exact) mass is 461 g/mol. The molecule has 2 aromatic rings. The molecule has 31 heavy (non-hydrogen) atoms. The van der Waals surface area contributed by atoms with E-state index in [-0.39, 0.29) is 5.04 Å². The Hall–Kier alpha value is -1.90. The van der Waals surface area contributed by atoms with Gasteiger partial charge in [0, 0.05) is 6.54 Å². The first-order valence-electron chi connectivity index (χ1n) is 10.9. The van der Waals surface area contributed by atoms with Crippen LogP contribution in [0, 0.1) is 0 Å². The van der Waals surface area contributed by atoms with Crippen LogP contribution in [0.2, 0.25) is 18.1 Å². The van der Waals surface area contributed by atoms with Gasteiger partial charge in [-0.25, -0.2) is 13.4 Å². The number of likely N-dealkylation sites (tertiary alicyclic amines) is 1. The molecule has 1 aliphatic heterocycles. The predicted molar refractivity (Wildman–Crippen MR) is 129 cm³/mol. The van der Waals surface area contributed by atoms with Crippen LogP contribution in [-0.4, -0.2) is 45.0 Å². The molecule has 6 nitrogen and oxygen atoms in total. The van der Waals surface area contributed by atoms with Gasteiger partial charge in [0.25, 0.3) is 8.32 Å². The van der Waals surface area contributed by atoms with Crippen LogP contribution in [-0.2, 0) is 16.6 Å². The highest BCUT2D eigenvalue weighted by Gasteiger charge is 2.39. The van der Waals surface area contributed by atoms with Crippen LogP contribution in [0.4, 0.5) is 5.82 Å². The van der Waals surface area contributed by atoms with Gasteiger partial charge in [0.2, 0.25) is 10.0 Å². The molecule has 0 unspecified atom stereocenters. The Balaban J connectivity index is 1.55. The van der Waals surface area contributed by atoms with Gasteiger partial charge in [-0.2, -0.15) is 0 Å². The first kappa shape index (κ1) is 23.8. The molecule has 1 N–H and O–H groups in total. The summed E-state index contributed by atoms with van der Waals surface area (Å²) in [7, 11) is -5.43. The Morgan fingerprint density at radius 2 is 1.74 bits per heavy atom. The van der Waals surface area contributed by atoms with Gasteiger partial charge in [0.1, 0.15) is 11.6 Å². The van der Waals surface area contributed by atoms with Gasteiger partial charge in [-0.1, -0.05) is 51.1 Å². The maximum absolute atomic E-state index is 12.9. The zero-order valence-electron chi connectivity index (χ0n) is 19.3. The number of anilines is 1. The first-order valence-corrected chi connectivity index (χ1v) is 15.3. The molecule has 1 saturated heterocycles. The number of rotatable bonds is 7.